The van der Waals surface area contributed by atoms with Crippen LogP contribution in [0, 0.1) is 5.82 Å². The molecule has 1 heterocycles. The van der Waals surface area contributed by atoms with E-state index in [0.29, 0.717) is 12.0 Å². The van der Waals surface area contributed by atoms with Crippen LogP contribution in [0.3, 0.4) is 0 Å². The molecule has 18 heavy (non-hydrogen) atoms. The van der Waals surface area contributed by atoms with E-state index in [9.17, 15) is 9.50 Å². The number of thiophene rings is 1. The molecule has 0 spiro atoms. The zero-order valence-electron chi connectivity index (χ0n) is 10.1. The van der Waals surface area contributed by atoms with E-state index in [2.05, 4.69) is 5.38 Å². The van der Waals surface area contributed by atoms with Gasteiger partial charge in [0.15, 0.2) is 11.6 Å². The average molecular weight is 266 g/mol. The lowest BCUT2D eigenvalue weighted by atomic mass is 10.0. The van der Waals surface area contributed by atoms with E-state index in [-0.39, 0.29) is 5.75 Å². The van der Waals surface area contributed by atoms with Gasteiger partial charge in [0.2, 0.25) is 0 Å². The summed E-state index contributed by atoms with van der Waals surface area (Å²) in [4.78, 5) is 0. The molecule has 0 radical (unpaired) electrons. The highest BCUT2D eigenvalue weighted by Gasteiger charge is 2.11. The van der Waals surface area contributed by atoms with Gasteiger partial charge >= 0.3 is 0 Å². The Kier molecular flexibility index (Phi) is 4.33. The van der Waals surface area contributed by atoms with Crippen LogP contribution in [0.25, 0.3) is 0 Å². The lowest BCUT2D eigenvalue weighted by Gasteiger charge is -2.12. The molecule has 2 rings (SSSR count). The summed E-state index contributed by atoms with van der Waals surface area (Å²) >= 11 is 1.64. The fraction of sp³-hybridized carbons (Fsp3) is 0.286. The second-order valence-corrected chi connectivity index (χ2v) is 4.86. The predicted octanol–water partition coefficient (Wildman–Crippen LogP) is 3.56. The Labute approximate surface area is 110 Å². The number of halogens is 1. The monoisotopic (exact) mass is 266 g/mol. The van der Waals surface area contributed by atoms with Gasteiger partial charge in [-0.3, -0.25) is 0 Å². The quantitative estimate of drug-likeness (QED) is 0.896. The standard InChI is InChI=1S/C14H15FO2S/c1-17-14-8-11(3-4-12(14)15)13(16)5-2-10-6-7-18-9-10/h3-4,6-9,13,16H,2,5H2,1H3. The lowest BCUT2D eigenvalue weighted by Crippen LogP contribution is -2.00. The van der Waals surface area contributed by atoms with Gasteiger partial charge in [0.1, 0.15) is 0 Å². The highest BCUT2D eigenvalue weighted by atomic mass is 32.1. The van der Waals surface area contributed by atoms with Gasteiger partial charge < -0.3 is 9.84 Å². The van der Waals surface area contributed by atoms with Gasteiger partial charge in [-0.1, -0.05) is 6.07 Å². The summed E-state index contributed by atoms with van der Waals surface area (Å²) in [5.74, 6) is -0.242. The minimum Gasteiger partial charge on any atom is -0.494 e. The summed E-state index contributed by atoms with van der Waals surface area (Å²) in [6.45, 7) is 0. The third-order valence-electron chi connectivity index (χ3n) is 2.85. The van der Waals surface area contributed by atoms with Crippen LogP contribution in [-0.2, 0) is 6.42 Å². The molecule has 0 amide bonds. The van der Waals surface area contributed by atoms with Crippen molar-refractivity contribution >= 4 is 11.3 Å². The van der Waals surface area contributed by atoms with Crippen LogP contribution in [0.1, 0.15) is 23.7 Å². The molecule has 1 aromatic carbocycles. The molecule has 1 atom stereocenters. The van der Waals surface area contributed by atoms with Crippen LogP contribution in [0.15, 0.2) is 35.0 Å². The van der Waals surface area contributed by atoms with Gasteiger partial charge in [-0.15, -0.1) is 0 Å². The minimum absolute atomic E-state index is 0.169. The molecule has 96 valence electrons. The Hall–Kier alpha value is -1.39. The number of rotatable bonds is 5. The van der Waals surface area contributed by atoms with E-state index in [1.54, 1.807) is 23.5 Å². The Balaban J connectivity index is 2.02. The first kappa shape index (κ1) is 13.1. The summed E-state index contributed by atoms with van der Waals surface area (Å²) in [5.41, 5.74) is 1.90. The summed E-state index contributed by atoms with van der Waals surface area (Å²) in [5, 5.41) is 14.1. The van der Waals surface area contributed by atoms with Crippen LogP contribution in [0.2, 0.25) is 0 Å². The molecule has 0 saturated heterocycles. The lowest BCUT2D eigenvalue weighted by molar-refractivity contribution is 0.167. The highest BCUT2D eigenvalue weighted by Crippen LogP contribution is 2.25. The van der Waals surface area contributed by atoms with Gasteiger partial charge in [-0.25, -0.2) is 4.39 Å². The molecular formula is C14H15FO2S. The summed E-state index contributed by atoms with van der Waals surface area (Å²) in [7, 11) is 1.42. The van der Waals surface area contributed by atoms with Crippen molar-refractivity contribution in [3.05, 3.63) is 52.0 Å². The second-order valence-electron chi connectivity index (χ2n) is 4.08. The molecule has 4 heteroatoms. The zero-order valence-corrected chi connectivity index (χ0v) is 10.9. The maximum Gasteiger partial charge on any atom is 0.165 e. The van der Waals surface area contributed by atoms with Crippen molar-refractivity contribution in [1.29, 1.82) is 0 Å². The number of ether oxygens (including phenoxy) is 1. The topological polar surface area (TPSA) is 29.5 Å². The van der Waals surface area contributed by atoms with Crippen molar-refractivity contribution in [3.63, 3.8) is 0 Å². The number of hydrogen-bond acceptors (Lipinski definition) is 3. The number of methoxy groups -OCH3 is 1. The number of aryl methyl sites for hydroxylation is 1. The van der Waals surface area contributed by atoms with Crippen molar-refractivity contribution in [1.82, 2.24) is 0 Å². The maximum atomic E-state index is 13.2. The number of aliphatic hydroxyl groups is 1. The number of hydrogen-bond donors (Lipinski definition) is 1. The smallest absolute Gasteiger partial charge is 0.165 e. The molecule has 1 N–H and O–H groups in total. The first-order valence-corrected chi connectivity index (χ1v) is 6.67. The van der Waals surface area contributed by atoms with E-state index in [1.807, 2.05) is 11.4 Å². The van der Waals surface area contributed by atoms with Crippen molar-refractivity contribution in [2.75, 3.05) is 7.11 Å². The molecular weight excluding hydrogens is 251 g/mol. The Morgan fingerprint density at radius 3 is 2.89 bits per heavy atom. The fourth-order valence-corrected chi connectivity index (χ4v) is 2.49. The van der Waals surface area contributed by atoms with Gasteiger partial charge in [-0.2, -0.15) is 11.3 Å². The summed E-state index contributed by atoms with van der Waals surface area (Å²) in [6.07, 6.45) is 0.829. The van der Waals surface area contributed by atoms with Gasteiger partial charge in [-0.05, 0) is 52.9 Å². The normalized spacial score (nSPS) is 12.4. The van der Waals surface area contributed by atoms with Crippen molar-refractivity contribution in [3.8, 4) is 5.75 Å². The van der Waals surface area contributed by atoms with Crippen molar-refractivity contribution in [2.24, 2.45) is 0 Å². The second kappa shape index (κ2) is 5.98. The SMILES string of the molecule is COc1cc(C(O)CCc2ccsc2)ccc1F. The number of aliphatic hydroxyl groups excluding tert-OH is 1. The molecule has 0 aliphatic heterocycles. The van der Waals surface area contributed by atoms with E-state index < -0.39 is 11.9 Å². The Morgan fingerprint density at radius 1 is 1.39 bits per heavy atom. The van der Waals surface area contributed by atoms with E-state index in [0.717, 1.165) is 6.42 Å². The largest absolute Gasteiger partial charge is 0.494 e. The van der Waals surface area contributed by atoms with Crippen LogP contribution < -0.4 is 4.74 Å². The fourth-order valence-electron chi connectivity index (χ4n) is 1.79. The van der Waals surface area contributed by atoms with E-state index >= 15 is 0 Å². The Morgan fingerprint density at radius 2 is 2.22 bits per heavy atom. The zero-order chi connectivity index (χ0) is 13.0. The first-order valence-electron chi connectivity index (χ1n) is 5.73. The molecule has 0 saturated carbocycles. The molecule has 0 fully saturated rings. The average Bonchev–Trinajstić information content (AvgIpc) is 2.89. The minimum atomic E-state index is -0.598. The van der Waals surface area contributed by atoms with Gasteiger partial charge in [0.25, 0.3) is 0 Å². The van der Waals surface area contributed by atoms with Crippen molar-refractivity contribution < 1.29 is 14.2 Å². The summed E-state index contributed by atoms with van der Waals surface area (Å²) < 4.78 is 18.1. The molecule has 0 aliphatic rings. The molecule has 0 aliphatic carbocycles. The number of benzene rings is 1. The predicted molar refractivity (Wildman–Crippen MR) is 70.6 cm³/mol. The molecule has 0 bridgehead atoms. The van der Waals surface area contributed by atoms with Crippen LogP contribution in [-0.4, -0.2) is 12.2 Å². The van der Waals surface area contributed by atoms with Crippen molar-refractivity contribution in [2.45, 2.75) is 18.9 Å². The maximum absolute atomic E-state index is 13.2. The Bertz CT molecular complexity index is 497. The molecule has 2 aromatic rings. The third-order valence-corrected chi connectivity index (χ3v) is 3.58. The van der Waals surface area contributed by atoms with Crippen LogP contribution in [0.4, 0.5) is 4.39 Å². The van der Waals surface area contributed by atoms with Crippen LogP contribution in [0.5, 0.6) is 5.75 Å². The van der Waals surface area contributed by atoms with Gasteiger partial charge in [0.05, 0.1) is 13.2 Å². The van der Waals surface area contributed by atoms with E-state index in [1.165, 1.54) is 18.7 Å². The van der Waals surface area contributed by atoms with Gasteiger partial charge in [0, 0.05) is 0 Å². The molecule has 1 aromatic heterocycles. The third kappa shape index (κ3) is 3.09. The van der Waals surface area contributed by atoms with Crippen LogP contribution >= 0.6 is 11.3 Å². The first-order chi connectivity index (χ1) is 8.70. The highest BCUT2D eigenvalue weighted by molar-refractivity contribution is 7.07. The molecule has 2 nitrogen and oxygen atoms in total. The summed E-state index contributed by atoms with van der Waals surface area (Å²) in [6, 6.07) is 6.51. The van der Waals surface area contributed by atoms with E-state index in [4.69, 9.17) is 4.74 Å². The molecule has 1 unspecified atom stereocenters.